The zero-order valence-corrected chi connectivity index (χ0v) is 11.5. The van der Waals surface area contributed by atoms with Crippen LogP contribution in [-0.2, 0) is 7.05 Å². The van der Waals surface area contributed by atoms with Crippen LogP contribution in [0, 0.1) is 26.9 Å². The second-order valence-corrected chi connectivity index (χ2v) is 6.17. The average molecular weight is 252 g/mol. The molecular formula is C12H20N4O2. The number of aryl methyl sites for hydroxylation is 1. The van der Waals surface area contributed by atoms with Crippen LogP contribution in [0.1, 0.15) is 27.7 Å². The average Bonchev–Trinajstić information content (AvgIpc) is 2.57. The normalized spacial score (nSPS) is 20.7. The molecule has 18 heavy (non-hydrogen) atoms. The number of aromatic nitrogens is 2. The molecule has 0 saturated heterocycles. The van der Waals surface area contributed by atoms with Crippen molar-refractivity contribution in [1.82, 2.24) is 9.78 Å². The van der Waals surface area contributed by atoms with Gasteiger partial charge in [0, 0.05) is 13.6 Å². The monoisotopic (exact) mass is 252 g/mol. The Balaban J connectivity index is 2.06. The van der Waals surface area contributed by atoms with Gasteiger partial charge in [0.2, 0.25) is 5.82 Å². The first-order valence-electron chi connectivity index (χ1n) is 6.10. The van der Waals surface area contributed by atoms with Crippen molar-refractivity contribution in [2.75, 3.05) is 11.9 Å². The number of nitrogens with zero attached hydrogens (tertiary/aromatic N) is 3. The van der Waals surface area contributed by atoms with Gasteiger partial charge in [-0.25, -0.2) is 0 Å². The Morgan fingerprint density at radius 3 is 2.44 bits per heavy atom. The summed E-state index contributed by atoms with van der Waals surface area (Å²) in [5.41, 5.74) is 0.571. The summed E-state index contributed by atoms with van der Waals surface area (Å²) in [6, 6.07) is 0. The van der Waals surface area contributed by atoms with E-state index in [4.69, 9.17) is 0 Å². The molecule has 0 aromatic carbocycles. The molecule has 100 valence electrons. The second-order valence-electron chi connectivity index (χ2n) is 6.17. The summed E-state index contributed by atoms with van der Waals surface area (Å²) in [5.74, 6) is 0.868. The standard InChI is InChI=1S/C12H20N4O2/c1-11(2)9(12(11,3)4)6-13-10-8(16(17)18)7-15(5)14-10/h7,9H,6H2,1-5H3,(H,13,14). The van der Waals surface area contributed by atoms with Crippen LogP contribution in [0.25, 0.3) is 0 Å². The lowest BCUT2D eigenvalue weighted by Gasteiger charge is -2.04. The number of hydrogen-bond donors (Lipinski definition) is 1. The number of rotatable bonds is 4. The van der Waals surface area contributed by atoms with Gasteiger partial charge in [0.25, 0.3) is 0 Å². The minimum Gasteiger partial charge on any atom is -0.363 e. The van der Waals surface area contributed by atoms with Crippen LogP contribution in [-0.4, -0.2) is 21.2 Å². The van der Waals surface area contributed by atoms with Crippen LogP contribution >= 0.6 is 0 Å². The summed E-state index contributed by atoms with van der Waals surface area (Å²) in [7, 11) is 1.68. The number of anilines is 1. The zero-order chi connectivity index (χ0) is 13.7. The van der Waals surface area contributed by atoms with E-state index in [1.807, 2.05) is 0 Å². The molecule has 0 aliphatic heterocycles. The van der Waals surface area contributed by atoms with Crippen molar-refractivity contribution >= 4 is 11.5 Å². The van der Waals surface area contributed by atoms with E-state index in [1.54, 1.807) is 7.05 Å². The third kappa shape index (κ3) is 1.76. The first-order valence-corrected chi connectivity index (χ1v) is 6.10. The van der Waals surface area contributed by atoms with Crippen molar-refractivity contribution in [2.24, 2.45) is 23.8 Å². The fourth-order valence-electron chi connectivity index (χ4n) is 2.78. The van der Waals surface area contributed by atoms with E-state index in [2.05, 4.69) is 38.1 Å². The molecule has 1 heterocycles. The van der Waals surface area contributed by atoms with Crippen LogP contribution in [0.5, 0.6) is 0 Å². The Morgan fingerprint density at radius 1 is 1.44 bits per heavy atom. The highest BCUT2D eigenvalue weighted by atomic mass is 16.6. The lowest BCUT2D eigenvalue weighted by molar-refractivity contribution is -0.384. The summed E-state index contributed by atoms with van der Waals surface area (Å²) in [6.07, 6.45) is 1.42. The van der Waals surface area contributed by atoms with Crippen molar-refractivity contribution in [3.8, 4) is 0 Å². The molecule has 0 bridgehead atoms. The molecule has 0 atom stereocenters. The first-order chi connectivity index (χ1) is 8.18. The van der Waals surface area contributed by atoms with Gasteiger partial charge in [-0.15, -0.1) is 5.10 Å². The first kappa shape index (κ1) is 12.9. The summed E-state index contributed by atoms with van der Waals surface area (Å²) >= 11 is 0. The molecule has 0 radical (unpaired) electrons. The van der Waals surface area contributed by atoms with E-state index < -0.39 is 4.92 Å². The van der Waals surface area contributed by atoms with Crippen molar-refractivity contribution < 1.29 is 4.92 Å². The van der Waals surface area contributed by atoms with Crippen LogP contribution in [0.3, 0.4) is 0 Å². The topological polar surface area (TPSA) is 73.0 Å². The molecule has 1 aliphatic rings. The second kappa shape index (κ2) is 3.70. The van der Waals surface area contributed by atoms with E-state index in [0.717, 1.165) is 6.54 Å². The molecule has 1 aliphatic carbocycles. The number of nitrogens with one attached hydrogen (secondary N) is 1. The van der Waals surface area contributed by atoms with Crippen LogP contribution in [0.2, 0.25) is 0 Å². The van der Waals surface area contributed by atoms with Crippen molar-refractivity contribution in [2.45, 2.75) is 27.7 Å². The molecule has 1 N–H and O–H groups in total. The van der Waals surface area contributed by atoms with Crippen molar-refractivity contribution in [3.63, 3.8) is 0 Å². The van der Waals surface area contributed by atoms with E-state index in [1.165, 1.54) is 10.9 Å². The molecule has 1 saturated carbocycles. The highest BCUT2D eigenvalue weighted by molar-refractivity contribution is 5.54. The largest absolute Gasteiger partial charge is 0.363 e. The Morgan fingerprint density at radius 2 is 2.00 bits per heavy atom. The fraction of sp³-hybridized carbons (Fsp3) is 0.750. The van der Waals surface area contributed by atoms with Gasteiger partial charge in [0.05, 0.1) is 4.92 Å². The highest BCUT2D eigenvalue weighted by Crippen LogP contribution is 2.68. The van der Waals surface area contributed by atoms with Crippen molar-refractivity contribution in [1.29, 1.82) is 0 Å². The van der Waals surface area contributed by atoms with E-state index in [0.29, 0.717) is 11.7 Å². The maximum absolute atomic E-state index is 10.9. The Hall–Kier alpha value is -1.59. The molecule has 2 rings (SSSR count). The maximum atomic E-state index is 10.9. The lowest BCUT2D eigenvalue weighted by Crippen LogP contribution is -2.09. The molecule has 0 unspecified atom stereocenters. The van der Waals surface area contributed by atoms with Crippen LogP contribution < -0.4 is 5.32 Å². The van der Waals surface area contributed by atoms with Gasteiger partial charge in [-0.05, 0) is 16.7 Å². The molecule has 0 amide bonds. The summed E-state index contributed by atoms with van der Waals surface area (Å²) in [5, 5.41) is 18.1. The number of hydrogen-bond acceptors (Lipinski definition) is 4. The van der Waals surface area contributed by atoms with Crippen LogP contribution in [0.4, 0.5) is 11.5 Å². The minimum atomic E-state index is -0.404. The predicted octanol–water partition coefficient (Wildman–Crippen LogP) is 2.42. The third-order valence-electron chi connectivity index (χ3n) is 4.80. The smallest absolute Gasteiger partial charge is 0.330 e. The molecule has 1 fully saturated rings. The molecular weight excluding hydrogens is 232 g/mol. The van der Waals surface area contributed by atoms with Gasteiger partial charge < -0.3 is 5.32 Å². The zero-order valence-electron chi connectivity index (χ0n) is 11.5. The quantitative estimate of drug-likeness (QED) is 0.659. The van der Waals surface area contributed by atoms with Crippen LogP contribution in [0.15, 0.2) is 6.20 Å². The predicted molar refractivity (Wildman–Crippen MR) is 69.4 cm³/mol. The van der Waals surface area contributed by atoms with Crippen molar-refractivity contribution in [3.05, 3.63) is 16.3 Å². The van der Waals surface area contributed by atoms with Gasteiger partial charge in [-0.2, -0.15) is 0 Å². The summed E-state index contributed by atoms with van der Waals surface area (Å²) in [4.78, 5) is 10.5. The molecule has 6 nitrogen and oxygen atoms in total. The lowest BCUT2D eigenvalue weighted by atomic mass is 10.0. The molecule has 0 spiro atoms. The van der Waals surface area contributed by atoms with Gasteiger partial charge in [-0.3, -0.25) is 14.8 Å². The van der Waals surface area contributed by atoms with Gasteiger partial charge >= 0.3 is 5.69 Å². The Labute approximate surface area is 107 Å². The van der Waals surface area contributed by atoms with E-state index in [-0.39, 0.29) is 16.5 Å². The fourth-order valence-corrected chi connectivity index (χ4v) is 2.78. The number of nitro groups is 1. The minimum absolute atomic E-state index is 0.0359. The Bertz CT molecular complexity index is 476. The maximum Gasteiger partial charge on any atom is 0.330 e. The highest BCUT2D eigenvalue weighted by Gasteiger charge is 2.64. The van der Waals surface area contributed by atoms with E-state index >= 15 is 0 Å². The third-order valence-corrected chi connectivity index (χ3v) is 4.80. The van der Waals surface area contributed by atoms with Gasteiger partial charge in [-0.1, -0.05) is 27.7 Å². The van der Waals surface area contributed by atoms with Gasteiger partial charge in [0.15, 0.2) is 0 Å². The van der Waals surface area contributed by atoms with Gasteiger partial charge in [0.1, 0.15) is 6.20 Å². The molecule has 6 heteroatoms. The molecule has 1 aromatic heterocycles. The van der Waals surface area contributed by atoms with E-state index in [9.17, 15) is 10.1 Å². The summed E-state index contributed by atoms with van der Waals surface area (Å²) < 4.78 is 1.46. The summed E-state index contributed by atoms with van der Waals surface area (Å²) in [6.45, 7) is 9.63. The Kier molecular flexibility index (Phi) is 2.64. The SMILES string of the molecule is Cn1cc([N+](=O)[O-])c(NCC2C(C)(C)C2(C)C)n1. The molecule has 1 aromatic rings.